The summed E-state index contributed by atoms with van der Waals surface area (Å²) < 4.78 is 24.1. The molecule has 7 heteroatoms. The van der Waals surface area contributed by atoms with E-state index in [1.54, 1.807) is 20.3 Å². The first-order valence-corrected chi connectivity index (χ1v) is 11.8. The van der Waals surface area contributed by atoms with E-state index in [4.69, 9.17) is 24.0 Å². The SMILES string of the molecule is C=CCOc1ccc(C2=NN3[C@@H](c4ccc(OC)c(OC)c4)Oc4ccc(Br)cc4[C@@H]3C2)cc1. The van der Waals surface area contributed by atoms with Gasteiger partial charge in [-0.3, -0.25) is 0 Å². The Hall–Kier alpha value is -3.45. The molecular formula is C27H25BrN2O4. The number of rotatable bonds is 7. The minimum absolute atomic E-state index is 0.0473. The second-order valence-corrected chi connectivity index (χ2v) is 8.95. The number of halogens is 1. The van der Waals surface area contributed by atoms with Crippen LogP contribution in [-0.4, -0.2) is 31.5 Å². The molecule has 0 fully saturated rings. The largest absolute Gasteiger partial charge is 0.493 e. The van der Waals surface area contributed by atoms with Gasteiger partial charge in [0, 0.05) is 22.0 Å². The summed E-state index contributed by atoms with van der Waals surface area (Å²) in [6, 6.07) is 20.0. The van der Waals surface area contributed by atoms with Gasteiger partial charge in [0.2, 0.25) is 6.23 Å². The predicted molar refractivity (Wildman–Crippen MR) is 135 cm³/mol. The molecule has 2 atom stereocenters. The first-order valence-electron chi connectivity index (χ1n) is 11.0. The van der Waals surface area contributed by atoms with E-state index in [0.29, 0.717) is 18.1 Å². The Kier molecular flexibility index (Phi) is 6.20. The van der Waals surface area contributed by atoms with Gasteiger partial charge in [0.25, 0.3) is 0 Å². The third-order valence-corrected chi connectivity index (χ3v) is 6.49. The van der Waals surface area contributed by atoms with Crippen LogP contribution < -0.4 is 18.9 Å². The van der Waals surface area contributed by atoms with Crippen LogP contribution in [0.2, 0.25) is 0 Å². The number of hydrogen-bond donors (Lipinski definition) is 0. The van der Waals surface area contributed by atoms with Crippen LogP contribution in [-0.2, 0) is 0 Å². The molecule has 2 heterocycles. The Bertz CT molecular complexity index is 1240. The zero-order valence-corrected chi connectivity index (χ0v) is 20.6. The second-order valence-electron chi connectivity index (χ2n) is 8.04. The van der Waals surface area contributed by atoms with Crippen molar-refractivity contribution in [3.05, 3.63) is 94.5 Å². The first kappa shape index (κ1) is 22.3. The summed E-state index contributed by atoms with van der Waals surface area (Å²) in [5.41, 5.74) is 4.11. The highest BCUT2D eigenvalue weighted by Gasteiger charge is 2.41. The molecule has 34 heavy (non-hydrogen) atoms. The zero-order chi connectivity index (χ0) is 23.7. The number of ether oxygens (including phenoxy) is 4. The third kappa shape index (κ3) is 4.12. The second kappa shape index (κ2) is 9.43. The van der Waals surface area contributed by atoms with E-state index < -0.39 is 6.23 Å². The number of hydrogen-bond acceptors (Lipinski definition) is 6. The molecule has 3 aromatic carbocycles. The van der Waals surface area contributed by atoms with Crippen molar-refractivity contribution in [2.24, 2.45) is 5.10 Å². The lowest BCUT2D eigenvalue weighted by molar-refractivity contribution is -0.0192. The van der Waals surface area contributed by atoms with Crippen LogP contribution in [0.5, 0.6) is 23.0 Å². The summed E-state index contributed by atoms with van der Waals surface area (Å²) in [5.74, 6) is 2.99. The molecule has 0 aliphatic carbocycles. The zero-order valence-electron chi connectivity index (χ0n) is 19.0. The molecule has 0 aromatic heterocycles. The van der Waals surface area contributed by atoms with Crippen LogP contribution in [0.3, 0.4) is 0 Å². The Morgan fingerprint density at radius 2 is 1.85 bits per heavy atom. The maximum Gasteiger partial charge on any atom is 0.214 e. The van der Waals surface area contributed by atoms with Crippen molar-refractivity contribution in [2.45, 2.75) is 18.7 Å². The van der Waals surface area contributed by atoms with Crippen LogP contribution in [0.25, 0.3) is 0 Å². The van der Waals surface area contributed by atoms with Crippen molar-refractivity contribution >= 4 is 21.6 Å². The lowest BCUT2D eigenvalue weighted by atomic mass is 9.96. The monoisotopic (exact) mass is 520 g/mol. The highest BCUT2D eigenvalue weighted by molar-refractivity contribution is 9.10. The average Bonchev–Trinajstić information content (AvgIpc) is 3.33. The molecule has 0 unspecified atom stereocenters. The Balaban J connectivity index is 1.53. The van der Waals surface area contributed by atoms with E-state index in [9.17, 15) is 0 Å². The standard InChI is InChI=1S/C27H25BrN2O4/c1-4-13-33-20-9-5-17(6-10-20)22-16-23-21-15-19(28)8-12-24(21)34-27(30(23)29-22)18-7-11-25(31-2)26(14-18)32-3/h4-12,14-15,23,27H,1,13,16H2,2-3H3/t23-,27+/m0/s1. The quantitative estimate of drug-likeness (QED) is 0.343. The fourth-order valence-electron chi connectivity index (χ4n) is 4.36. The fraction of sp³-hybridized carbons (Fsp3) is 0.222. The molecular weight excluding hydrogens is 496 g/mol. The highest BCUT2D eigenvalue weighted by Crippen LogP contribution is 2.49. The van der Waals surface area contributed by atoms with Crippen molar-refractivity contribution in [1.82, 2.24) is 5.01 Å². The summed E-state index contributed by atoms with van der Waals surface area (Å²) in [5, 5.41) is 7.09. The van der Waals surface area contributed by atoms with Gasteiger partial charge in [-0.2, -0.15) is 5.10 Å². The summed E-state index contributed by atoms with van der Waals surface area (Å²) in [4.78, 5) is 0. The van der Waals surface area contributed by atoms with Gasteiger partial charge in [-0.25, -0.2) is 5.01 Å². The topological polar surface area (TPSA) is 52.5 Å². The van der Waals surface area contributed by atoms with Crippen LogP contribution in [0.1, 0.15) is 35.4 Å². The van der Waals surface area contributed by atoms with Gasteiger partial charge in [0.05, 0.1) is 26.0 Å². The number of nitrogens with zero attached hydrogens (tertiary/aromatic N) is 2. The number of hydrazone groups is 1. The third-order valence-electron chi connectivity index (χ3n) is 6.00. The van der Waals surface area contributed by atoms with Gasteiger partial charge in [-0.05, 0) is 66.2 Å². The molecule has 6 nitrogen and oxygen atoms in total. The smallest absolute Gasteiger partial charge is 0.214 e. The van der Waals surface area contributed by atoms with Crippen molar-refractivity contribution in [3.8, 4) is 23.0 Å². The number of methoxy groups -OCH3 is 2. The molecule has 0 amide bonds. The highest BCUT2D eigenvalue weighted by atomic mass is 79.9. The summed E-state index contributed by atoms with van der Waals surface area (Å²) >= 11 is 3.61. The molecule has 5 rings (SSSR count). The number of fused-ring (bicyclic) bond motifs is 3. The molecule has 0 N–H and O–H groups in total. The molecule has 3 aromatic rings. The van der Waals surface area contributed by atoms with Crippen LogP contribution in [0, 0.1) is 0 Å². The number of benzene rings is 3. The summed E-state index contributed by atoms with van der Waals surface area (Å²) in [7, 11) is 3.26. The van der Waals surface area contributed by atoms with Gasteiger partial charge in [0.15, 0.2) is 11.5 Å². The van der Waals surface area contributed by atoms with Gasteiger partial charge in [0.1, 0.15) is 18.1 Å². The Morgan fingerprint density at radius 3 is 2.59 bits per heavy atom. The van der Waals surface area contributed by atoms with Gasteiger partial charge in [-0.1, -0.05) is 28.6 Å². The molecule has 174 valence electrons. The minimum Gasteiger partial charge on any atom is -0.493 e. The van der Waals surface area contributed by atoms with Crippen LogP contribution in [0.4, 0.5) is 0 Å². The van der Waals surface area contributed by atoms with Crippen molar-refractivity contribution in [1.29, 1.82) is 0 Å². The predicted octanol–water partition coefficient (Wildman–Crippen LogP) is 6.27. The van der Waals surface area contributed by atoms with Crippen LogP contribution in [0.15, 0.2) is 82.9 Å². The van der Waals surface area contributed by atoms with Gasteiger partial charge >= 0.3 is 0 Å². The first-order chi connectivity index (χ1) is 16.6. The Labute approximate surface area is 207 Å². The van der Waals surface area contributed by atoms with E-state index in [2.05, 4.69) is 28.6 Å². The normalized spacial score (nSPS) is 18.3. The van der Waals surface area contributed by atoms with Crippen molar-refractivity contribution in [2.75, 3.05) is 20.8 Å². The molecule has 0 saturated heterocycles. The van der Waals surface area contributed by atoms with Gasteiger partial charge < -0.3 is 18.9 Å². The maximum absolute atomic E-state index is 6.48. The molecule has 0 bridgehead atoms. The Morgan fingerprint density at radius 1 is 1.06 bits per heavy atom. The van der Waals surface area contributed by atoms with Crippen molar-refractivity contribution in [3.63, 3.8) is 0 Å². The molecule has 0 saturated carbocycles. The molecule has 0 radical (unpaired) electrons. The van der Waals surface area contributed by atoms with E-state index in [0.717, 1.165) is 44.8 Å². The van der Waals surface area contributed by atoms with Gasteiger partial charge in [-0.15, -0.1) is 0 Å². The average molecular weight is 521 g/mol. The maximum atomic E-state index is 6.48. The van der Waals surface area contributed by atoms with E-state index >= 15 is 0 Å². The van der Waals surface area contributed by atoms with E-state index in [1.807, 2.05) is 59.6 Å². The van der Waals surface area contributed by atoms with Crippen LogP contribution >= 0.6 is 15.9 Å². The molecule has 0 spiro atoms. The van der Waals surface area contributed by atoms with Crippen molar-refractivity contribution < 1.29 is 18.9 Å². The lowest BCUT2D eigenvalue weighted by Crippen LogP contribution is -2.33. The molecule has 2 aliphatic rings. The van der Waals surface area contributed by atoms with E-state index in [-0.39, 0.29) is 6.04 Å². The summed E-state index contributed by atoms with van der Waals surface area (Å²) in [6.07, 6.45) is 2.10. The van der Waals surface area contributed by atoms with E-state index in [1.165, 1.54) is 0 Å². The minimum atomic E-state index is -0.397. The fourth-order valence-corrected chi connectivity index (χ4v) is 4.74. The summed E-state index contributed by atoms with van der Waals surface area (Å²) in [6.45, 7) is 4.17. The lowest BCUT2D eigenvalue weighted by Gasteiger charge is -2.38. The molecule has 2 aliphatic heterocycles.